The lowest BCUT2D eigenvalue weighted by molar-refractivity contribution is -0.122. The smallest absolute Gasteiger partial charge is 0.220 e. The van der Waals surface area contributed by atoms with E-state index in [1.165, 1.54) is 18.3 Å². The van der Waals surface area contributed by atoms with Gasteiger partial charge in [0.2, 0.25) is 5.91 Å². The lowest BCUT2D eigenvalue weighted by Crippen LogP contribution is -2.38. The van der Waals surface area contributed by atoms with E-state index in [0.717, 1.165) is 31.5 Å². The van der Waals surface area contributed by atoms with Crippen LogP contribution >= 0.6 is 0 Å². The summed E-state index contributed by atoms with van der Waals surface area (Å²) < 4.78 is 0. The highest BCUT2D eigenvalue weighted by Crippen LogP contribution is 2.23. The van der Waals surface area contributed by atoms with Gasteiger partial charge in [-0.05, 0) is 38.1 Å². The summed E-state index contributed by atoms with van der Waals surface area (Å²) >= 11 is 0. The van der Waals surface area contributed by atoms with E-state index in [4.69, 9.17) is 19.0 Å². The molecule has 1 aromatic rings. The molecule has 1 saturated heterocycles. The van der Waals surface area contributed by atoms with Gasteiger partial charge < -0.3 is 16.0 Å². The zero-order chi connectivity index (χ0) is 17.7. The third-order valence-electron chi connectivity index (χ3n) is 3.43. The fourth-order valence-electron chi connectivity index (χ4n) is 2.27. The van der Waals surface area contributed by atoms with Crippen molar-refractivity contribution in [2.24, 2.45) is 11.7 Å². The van der Waals surface area contributed by atoms with Crippen molar-refractivity contribution in [3.05, 3.63) is 29.8 Å². The number of nitrogens with two attached hydrogens (primary N) is 1. The van der Waals surface area contributed by atoms with Gasteiger partial charge >= 0.3 is 0 Å². The number of benzene rings is 1. The predicted octanol–water partition coefficient (Wildman–Crippen LogP) is 3.13. The number of rotatable bonds is 3. The standard InChI is InChI=1S/C13H17BN2O.C3H8.C2H5N/c14-9-10-1-3-12(4-2-10)16-7-5-11(6-8-16)13(15)17;1-3-2;1-2-3/h1-4,11H,5-9H2,(H2,15,17);3H2,1-2H3;2-3H,1H3. The molecule has 0 aromatic heterocycles. The molecule has 1 amide bonds. The van der Waals surface area contributed by atoms with Crippen LogP contribution in [-0.4, -0.2) is 33.1 Å². The maximum atomic E-state index is 11.1. The molecule has 5 heteroatoms. The molecule has 1 aromatic carbocycles. The van der Waals surface area contributed by atoms with E-state index in [0.29, 0.717) is 6.32 Å². The maximum Gasteiger partial charge on any atom is 0.220 e. The molecular weight excluding hydrogens is 285 g/mol. The van der Waals surface area contributed by atoms with Crippen LogP contribution in [0.5, 0.6) is 0 Å². The molecule has 2 rings (SSSR count). The van der Waals surface area contributed by atoms with Gasteiger partial charge in [-0.25, -0.2) is 0 Å². The molecule has 1 aliphatic heterocycles. The number of carbonyl (C=O) groups excluding carboxylic acids is 1. The van der Waals surface area contributed by atoms with Gasteiger partial charge in [0.25, 0.3) is 0 Å². The van der Waals surface area contributed by atoms with Crippen LogP contribution in [0.1, 0.15) is 45.6 Å². The highest BCUT2D eigenvalue weighted by molar-refractivity contribution is 6.08. The molecule has 2 radical (unpaired) electrons. The van der Waals surface area contributed by atoms with Gasteiger partial charge in [-0.15, -0.1) is 0 Å². The van der Waals surface area contributed by atoms with Crippen molar-refractivity contribution < 1.29 is 4.79 Å². The molecule has 23 heavy (non-hydrogen) atoms. The average molecular weight is 315 g/mol. The zero-order valence-corrected chi connectivity index (χ0v) is 14.7. The van der Waals surface area contributed by atoms with E-state index in [1.807, 2.05) is 0 Å². The van der Waals surface area contributed by atoms with Crippen molar-refractivity contribution in [1.29, 1.82) is 5.41 Å². The molecule has 0 aliphatic carbocycles. The third kappa shape index (κ3) is 8.43. The second-order valence-corrected chi connectivity index (χ2v) is 5.53. The van der Waals surface area contributed by atoms with E-state index in [1.54, 1.807) is 6.92 Å². The van der Waals surface area contributed by atoms with E-state index >= 15 is 0 Å². The normalized spacial score (nSPS) is 14.0. The van der Waals surface area contributed by atoms with E-state index < -0.39 is 0 Å². The van der Waals surface area contributed by atoms with Crippen LogP contribution in [0.3, 0.4) is 0 Å². The Morgan fingerprint density at radius 3 is 2.09 bits per heavy atom. The van der Waals surface area contributed by atoms with E-state index in [2.05, 4.69) is 43.0 Å². The summed E-state index contributed by atoms with van der Waals surface area (Å²) in [6, 6.07) is 8.28. The van der Waals surface area contributed by atoms with E-state index in [9.17, 15) is 4.79 Å². The molecule has 0 unspecified atom stereocenters. The fourth-order valence-corrected chi connectivity index (χ4v) is 2.27. The number of primary amides is 1. The van der Waals surface area contributed by atoms with Crippen LogP contribution in [0.2, 0.25) is 0 Å². The number of nitrogens with zero attached hydrogens (tertiary/aromatic N) is 1. The first-order valence-electron chi connectivity index (χ1n) is 8.32. The number of carbonyl (C=O) groups is 1. The molecule has 0 atom stereocenters. The summed E-state index contributed by atoms with van der Waals surface area (Å²) in [7, 11) is 5.56. The molecule has 1 aliphatic rings. The van der Waals surface area contributed by atoms with Crippen molar-refractivity contribution in [3.63, 3.8) is 0 Å². The molecule has 4 nitrogen and oxygen atoms in total. The molecule has 0 spiro atoms. The quantitative estimate of drug-likeness (QED) is 0.664. The molecular formula is C18H30BN3O. The minimum absolute atomic E-state index is 0.0505. The van der Waals surface area contributed by atoms with Crippen molar-refractivity contribution in [2.45, 2.75) is 46.4 Å². The maximum absolute atomic E-state index is 11.1. The van der Waals surface area contributed by atoms with Gasteiger partial charge in [-0.1, -0.05) is 44.3 Å². The first-order chi connectivity index (χ1) is 11.0. The number of hydrogen-bond donors (Lipinski definition) is 2. The summed E-state index contributed by atoms with van der Waals surface area (Å²) in [4.78, 5) is 13.4. The lowest BCUT2D eigenvalue weighted by atomic mass is 9.95. The Morgan fingerprint density at radius 2 is 1.74 bits per heavy atom. The SMILES string of the molecule is CC=N.CCC.[B]Cc1ccc(N2CCC(C(N)=O)CC2)cc1. The first kappa shape index (κ1) is 21.2. The van der Waals surface area contributed by atoms with Crippen LogP contribution < -0.4 is 10.6 Å². The highest BCUT2D eigenvalue weighted by atomic mass is 16.1. The predicted molar refractivity (Wildman–Crippen MR) is 100 cm³/mol. The summed E-state index contributed by atoms with van der Waals surface area (Å²) in [6.07, 6.45) is 4.78. The largest absolute Gasteiger partial charge is 0.371 e. The fraction of sp³-hybridized carbons (Fsp3) is 0.556. The van der Waals surface area contributed by atoms with E-state index in [-0.39, 0.29) is 11.8 Å². The molecule has 126 valence electrons. The highest BCUT2D eigenvalue weighted by Gasteiger charge is 2.22. The molecule has 3 N–H and O–H groups in total. The molecule has 0 saturated carbocycles. The van der Waals surface area contributed by atoms with Gasteiger partial charge in [0, 0.05) is 24.7 Å². The molecule has 0 bridgehead atoms. The second-order valence-electron chi connectivity index (χ2n) is 5.53. The number of piperidine rings is 1. The minimum Gasteiger partial charge on any atom is -0.371 e. The van der Waals surface area contributed by atoms with Crippen molar-refractivity contribution in [1.82, 2.24) is 0 Å². The second kappa shape index (κ2) is 12.7. The van der Waals surface area contributed by atoms with Gasteiger partial charge in [0.05, 0.1) is 7.85 Å². The first-order valence-corrected chi connectivity index (χ1v) is 8.32. The lowest BCUT2D eigenvalue weighted by Gasteiger charge is -2.32. The van der Waals surface area contributed by atoms with Crippen LogP contribution in [0, 0.1) is 11.3 Å². The molecule has 1 fully saturated rings. The monoisotopic (exact) mass is 315 g/mol. The topological polar surface area (TPSA) is 70.2 Å². The number of nitrogens with one attached hydrogen (secondary N) is 1. The van der Waals surface area contributed by atoms with Gasteiger partial charge in [-0.3, -0.25) is 4.79 Å². The zero-order valence-electron chi connectivity index (χ0n) is 14.7. The molecule has 1 heterocycles. The van der Waals surface area contributed by atoms with Crippen molar-refractivity contribution >= 4 is 25.7 Å². The Morgan fingerprint density at radius 1 is 1.30 bits per heavy atom. The van der Waals surface area contributed by atoms with Crippen LogP contribution in [0.15, 0.2) is 24.3 Å². The Hall–Kier alpha value is -1.78. The Kier molecular flexibility index (Phi) is 11.8. The van der Waals surface area contributed by atoms with Gasteiger partial charge in [0.15, 0.2) is 0 Å². The number of hydrogen-bond acceptors (Lipinski definition) is 3. The van der Waals surface area contributed by atoms with Crippen LogP contribution in [0.4, 0.5) is 5.69 Å². The average Bonchev–Trinajstić information content (AvgIpc) is 2.56. The number of anilines is 1. The Bertz CT molecular complexity index is 440. The third-order valence-corrected chi connectivity index (χ3v) is 3.43. The van der Waals surface area contributed by atoms with Gasteiger partial charge in [-0.2, -0.15) is 0 Å². The summed E-state index contributed by atoms with van der Waals surface area (Å²) in [5, 5.41) is 6.08. The number of amides is 1. The van der Waals surface area contributed by atoms with Crippen LogP contribution in [-0.2, 0) is 11.1 Å². The minimum atomic E-state index is -0.164. The van der Waals surface area contributed by atoms with Crippen LogP contribution in [0.25, 0.3) is 0 Å². The summed E-state index contributed by atoms with van der Waals surface area (Å²) in [5.41, 5.74) is 7.66. The van der Waals surface area contributed by atoms with Crippen molar-refractivity contribution in [3.8, 4) is 0 Å². The van der Waals surface area contributed by atoms with Gasteiger partial charge in [0.1, 0.15) is 0 Å². The Balaban J connectivity index is 0.000000704. The summed E-state index contributed by atoms with van der Waals surface area (Å²) in [5.74, 6) is -0.113. The van der Waals surface area contributed by atoms with Crippen molar-refractivity contribution in [2.75, 3.05) is 18.0 Å². The Labute approximate surface area is 142 Å². The summed E-state index contributed by atoms with van der Waals surface area (Å²) in [6.45, 7) is 7.71.